The van der Waals surface area contributed by atoms with Crippen molar-refractivity contribution >= 4 is 0 Å². The largest absolute Gasteiger partial charge is 0.251 e. The van der Waals surface area contributed by atoms with E-state index in [0.717, 1.165) is 48.9 Å². The molecule has 3 fully saturated rings. The second-order valence-corrected chi connectivity index (χ2v) is 9.35. The van der Waals surface area contributed by atoms with Crippen molar-refractivity contribution in [2.45, 2.75) is 84.5 Å². The lowest BCUT2D eigenvalue weighted by Crippen LogP contribution is -2.47. The van der Waals surface area contributed by atoms with Crippen molar-refractivity contribution in [1.82, 2.24) is 0 Å². The van der Waals surface area contributed by atoms with Crippen LogP contribution in [0.1, 0.15) is 84.5 Å². The van der Waals surface area contributed by atoms with Gasteiger partial charge in [-0.3, -0.25) is 8.78 Å². The average Bonchev–Trinajstić information content (AvgIpc) is 2.92. The SMILES string of the molecule is CCCC1C(CCF)CCC2C1CCC1(C)C(CCCF)CCC21. The summed E-state index contributed by atoms with van der Waals surface area (Å²) in [7, 11) is 0. The summed E-state index contributed by atoms with van der Waals surface area (Å²) in [5.74, 6) is 4.78. The van der Waals surface area contributed by atoms with Crippen LogP contribution in [0.15, 0.2) is 0 Å². The van der Waals surface area contributed by atoms with Crippen molar-refractivity contribution in [2.75, 3.05) is 13.3 Å². The summed E-state index contributed by atoms with van der Waals surface area (Å²) in [5, 5.41) is 0. The summed E-state index contributed by atoms with van der Waals surface area (Å²) in [5.41, 5.74) is 0.472. The molecule has 0 aromatic heterocycles. The molecule has 7 unspecified atom stereocenters. The fraction of sp³-hybridized carbons (Fsp3) is 1.00. The molecule has 140 valence electrons. The molecule has 0 saturated heterocycles. The van der Waals surface area contributed by atoms with E-state index in [1.165, 1.54) is 51.4 Å². The molecule has 3 aliphatic carbocycles. The van der Waals surface area contributed by atoms with E-state index in [2.05, 4.69) is 13.8 Å². The smallest absolute Gasteiger partial charge is 0.0897 e. The first-order valence-electron chi connectivity index (χ1n) is 10.8. The van der Waals surface area contributed by atoms with Crippen LogP contribution in [0.25, 0.3) is 0 Å². The highest BCUT2D eigenvalue weighted by Crippen LogP contribution is 2.64. The molecule has 0 N–H and O–H groups in total. The summed E-state index contributed by atoms with van der Waals surface area (Å²) in [6.07, 6.45) is 13.2. The first kappa shape index (κ1) is 18.6. The maximum Gasteiger partial charge on any atom is 0.0897 e. The van der Waals surface area contributed by atoms with Gasteiger partial charge in [0.1, 0.15) is 0 Å². The Bertz CT molecular complexity index is 395. The van der Waals surface area contributed by atoms with E-state index in [-0.39, 0.29) is 13.3 Å². The van der Waals surface area contributed by atoms with E-state index in [4.69, 9.17) is 0 Å². The summed E-state index contributed by atoms with van der Waals surface area (Å²) < 4.78 is 25.7. The Morgan fingerprint density at radius 3 is 2.42 bits per heavy atom. The zero-order valence-electron chi connectivity index (χ0n) is 15.9. The van der Waals surface area contributed by atoms with E-state index in [9.17, 15) is 8.78 Å². The molecule has 0 aliphatic heterocycles. The van der Waals surface area contributed by atoms with Crippen LogP contribution < -0.4 is 0 Å². The van der Waals surface area contributed by atoms with Gasteiger partial charge < -0.3 is 0 Å². The Hall–Kier alpha value is -0.140. The highest BCUT2D eigenvalue weighted by molar-refractivity contribution is 5.05. The normalized spacial score (nSPS) is 45.0. The van der Waals surface area contributed by atoms with Crippen LogP contribution in [0.3, 0.4) is 0 Å². The summed E-state index contributed by atoms with van der Waals surface area (Å²) >= 11 is 0. The van der Waals surface area contributed by atoms with Gasteiger partial charge in [0.25, 0.3) is 0 Å². The average molecular weight is 341 g/mol. The molecular formula is C22H38F2. The molecule has 3 saturated carbocycles. The number of rotatable bonds is 7. The Labute approximate surface area is 148 Å². The van der Waals surface area contributed by atoms with Crippen LogP contribution in [0.4, 0.5) is 8.78 Å². The van der Waals surface area contributed by atoms with Crippen molar-refractivity contribution in [3.05, 3.63) is 0 Å². The summed E-state index contributed by atoms with van der Waals surface area (Å²) in [6, 6.07) is 0. The molecule has 0 heterocycles. The van der Waals surface area contributed by atoms with Crippen molar-refractivity contribution in [1.29, 1.82) is 0 Å². The second-order valence-electron chi connectivity index (χ2n) is 9.35. The summed E-state index contributed by atoms with van der Waals surface area (Å²) in [4.78, 5) is 0. The van der Waals surface area contributed by atoms with Gasteiger partial charge in [-0.2, -0.15) is 0 Å². The molecule has 0 nitrogen and oxygen atoms in total. The minimum absolute atomic E-state index is 0.130. The fourth-order valence-electron chi connectivity index (χ4n) is 7.42. The Morgan fingerprint density at radius 2 is 1.71 bits per heavy atom. The van der Waals surface area contributed by atoms with E-state index in [1.807, 2.05) is 0 Å². The quantitative estimate of drug-likeness (QED) is 0.469. The Morgan fingerprint density at radius 1 is 0.875 bits per heavy atom. The van der Waals surface area contributed by atoms with Crippen molar-refractivity contribution < 1.29 is 8.78 Å². The molecule has 0 bridgehead atoms. The molecule has 24 heavy (non-hydrogen) atoms. The number of alkyl halides is 2. The molecule has 0 aromatic rings. The zero-order chi connectivity index (χ0) is 17.2. The zero-order valence-corrected chi connectivity index (χ0v) is 15.9. The monoisotopic (exact) mass is 340 g/mol. The second kappa shape index (κ2) is 8.04. The lowest BCUT2D eigenvalue weighted by atomic mass is 9.50. The van der Waals surface area contributed by atoms with Gasteiger partial charge in [0.15, 0.2) is 0 Å². The molecule has 0 aromatic carbocycles. The van der Waals surface area contributed by atoms with E-state index < -0.39 is 0 Å². The van der Waals surface area contributed by atoms with Gasteiger partial charge in [-0.1, -0.05) is 26.7 Å². The highest BCUT2D eigenvalue weighted by atomic mass is 19.1. The fourth-order valence-corrected chi connectivity index (χ4v) is 7.42. The van der Waals surface area contributed by atoms with Crippen LogP contribution >= 0.6 is 0 Å². The van der Waals surface area contributed by atoms with Crippen LogP contribution in [0.2, 0.25) is 0 Å². The topological polar surface area (TPSA) is 0 Å². The maximum absolute atomic E-state index is 13.0. The number of hydrogen-bond donors (Lipinski definition) is 0. The van der Waals surface area contributed by atoms with E-state index >= 15 is 0 Å². The molecule has 2 heteroatoms. The molecule has 0 spiro atoms. The Balaban J connectivity index is 1.74. The van der Waals surface area contributed by atoms with E-state index in [0.29, 0.717) is 11.3 Å². The number of hydrogen-bond acceptors (Lipinski definition) is 0. The lowest BCUT2D eigenvalue weighted by molar-refractivity contribution is -0.0573. The van der Waals surface area contributed by atoms with Gasteiger partial charge in [-0.25, -0.2) is 0 Å². The van der Waals surface area contributed by atoms with Gasteiger partial charge in [-0.05, 0) is 98.7 Å². The maximum atomic E-state index is 13.0. The number of fused-ring (bicyclic) bond motifs is 3. The van der Waals surface area contributed by atoms with Gasteiger partial charge >= 0.3 is 0 Å². The standard InChI is InChI=1S/C22H38F2/c1-3-5-18-16(12-15-24)7-9-20-19(18)11-13-22(2)17(6-4-14-23)8-10-21(20)22/h16-21H,3-15H2,1-2H3. The van der Waals surface area contributed by atoms with Crippen molar-refractivity contribution in [2.24, 2.45) is 40.9 Å². The molecule has 3 aliphatic rings. The third-order valence-corrected chi connectivity index (χ3v) is 8.50. The van der Waals surface area contributed by atoms with Crippen LogP contribution in [-0.2, 0) is 0 Å². The summed E-state index contributed by atoms with van der Waals surface area (Å²) in [6.45, 7) is 4.55. The first-order valence-corrected chi connectivity index (χ1v) is 10.8. The molecular weight excluding hydrogens is 302 g/mol. The van der Waals surface area contributed by atoms with Crippen LogP contribution in [-0.4, -0.2) is 13.3 Å². The molecule has 0 amide bonds. The number of halogens is 2. The minimum Gasteiger partial charge on any atom is -0.251 e. The first-order chi connectivity index (χ1) is 11.7. The van der Waals surface area contributed by atoms with Gasteiger partial charge in [-0.15, -0.1) is 0 Å². The minimum atomic E-state index is -0.146. The predicted molar refractivity (Wildman–Crippen MR) is 97.5 cm³/mol. The van der Waals surface area contributed by atoms with Gasteiger partial charge in [0.05, 0.1) is 13.3 Å². The van der Waals surface area contributed by atoms with Gasteiger partial charge in [0, 0.05) is 0 Å². The third-order valence-electron chi connectivity index (χ3n) is 8.50. The van der Waals surface area contributed by atoms with Crippen molar-refractivity contribution in [3.8, 4) is 0 Å². The molecule has 7 atom stereocenters. The lowest BCUT2D eigenvalue weighted by Gasteiger charge is -2.55. The third kappa shape index (κ3) is 3.28. The van der Waals surface area contributed by atoms with Crippen LogP contribution in [0, 0.1) is 40.9 Å². The van der Waals surface area contributed by atoms with E-state index in [1.54, 1.807) is 0 Å². The highest BCUT2D eigenvalue weighted by Gasteiger charge is 2.55. The Kier molecular flexibility index (Phi) is 6.25. The van der Waals surface area contributed by atoms with Gasteiger partial charge in [0.2, 0.25) is 0 Å². The van der Waals surface area contributed by atoms with Crippen molar-refractivity contribution in [3.63, 3.8) is 0 Å². The predicted octanol–water partition coefficient (Wildman–Crippen LogP) is 6.98. The molecule has 3 rings (SSSR count). The molecule has 0 radical (unpaired) electrons. The van der Waals surface area contributed by atoms with Crippen LogP contribution in [0.5, 0.6) is 0 Å².